The molecule has 0 saturated carbocycles. The maximum Gasteiger partial charge on any atom is 1.00 e. The first-order valence-corrected chi connectivity index (χ1v) is 2.89. The third kappa shape index (κ3) is 479. The molecule has 0 atom stereocenters. The summed E-state index contributed by atoms with van der Waals surface area (Å²) in [5.41, 5.74) is 0. The fourth-order valence-corrected chi connectivity index (χ4v) is 0. The standard InChI is InChI=1S/4C2H3N.Ag/c4*1-2-3;/h4*1H3;/q;;;;+1. The van der Waals surface area contributed by atoms with Crippen molar-refractivity contribution >= 4 is 0 Å². The number of hydrogen-bond acceptors (Lipinski definition) is 4. The van der Waals surface area contributed by atoms with Crippen LogP contribution in [0.15, 0.2) is 0 Å². The molecule has 5 heteroatoms. The van der Waals surface area contributed by atoms with Crippen molar-refractivity contribution in [1.29, 1.82) is 21.0 Å². The first-order valence-electron chi connectivity index (χ1n) is 2.89. The molecule has 0 amide bonds. The normalized spacial score (nSPS) is 2.46. The van der Waals surface area contributed by atoms with Gasteiger partial charge in [-0.05, 0) is 0 Å². The summed E-state index contributed by atoms with van der Waals surface area (Å²) in [6.07, 6.45) is 0. The van der Waals surface area contributed by atoms with Gasteiger partial charge >= 0.3 is 22.4 Å². The van der Waals surface area contributed by atoms with E-state index in [0.717, 1.165) is 0 Å². The molecule has 0 N–H and O–H groups in total. The molecule has 0 unspecified atom stereocenters. The van der Waals surface area contributed by atoms with E-state index in [1.54, 1.807) is 24.3 Å². The van der Waals surface area contributed by atoms with Gasteiger partial charge in [-0.15, -0.1) is 0 Å². The summed E-state index contributed by atoms with van der Waals surface area (Å²) in [7, 11) is 0. The minimum absolute atomic E-state index is 0. The molecule has 0 radical (unpaired) electrons. The molecule has 0 aliphatic carbocycles. The van der Waals surface area contributed by atoms with Crippen molar-refractivity contribution in [2.75, 3.05) is 0 Å². The Hall–Kier alpha value is -1.30. The topological polar surface area (TPSA) is 95.2 Å². The fourth-order valence-electron chi connectivity index (χ4n) is 0. The average Bonchev–Trinajstić information content (AvgIpc) is 1.92. The van der Waals surface area contributed by atoms with Crippen molar-refractivity contribution in [2.24, 2.45) is 0 Å². The Morgan fingerprint density at radius 1 is 0.538 bits per heavy atom. The number of rotatable bonds is 0. The van der Waals surface area contributed by atoms with Crippen molar-refractivity contribution < 1.29 is 22.4 Å². The van der Waals surface area contributed by atoms with Crippen molar-refractivity contribution in [3.63, 3.8) is 0 Å². The van der Waals surface area contributed by atoms with Crippen molar-refractivity contribution in [1.82, 2.24) is 0 Å². The molecule has 0 heterocycles. The van der Waals surface area contributed by atoms with Crippen LogP contribution in [0.4, 0.5) is 0 Å². The Bertz CT molecular complexity index is 150. The molecule has 0 fully saturated rings. The van der Waals surface area contributed by atoms with Crippen LogP contribution in [-0.4, -0.2) is 0 Å². The van der Waals surface area contributed by atoms with Crippen LogP contribution in [0.1, 0.15) is 27.7 Å². The van der Waals surface area contributed by atoms with E-state index in [1.165, 1.54) is 27.7 Å². The van der Waals surface area contributed by atoms with Gasteiger partial charge in [0.25, 0.3) is 0 Å². The summed E-state index contributed by atoms with van der Waals surface area (Å²) < 4.78 is 0. The average molecular weight is 272 g/mol. The second-order valence-corrected chi connectivity index (χ2v) is 0.894. The number of nitriles is 4. The van der Waals surface area contributed by atoms with Gasteiger partial charge < -0.3 is 0 Å². The molecule has 0 spiro atoms. The summed E-state index contributed by atoms with van der Waals surface area (Å²) in [6.45, 7) is 5.72. The number of hydrogen-bond donors (Lipinski definition) is 0. The van der Waals surface area contributed by atoms with Gasteiger partial charge in [0.05, 0.1) is 24.3 Å². The van der Waals surface area contributed by atoms with Crippen molar-refractivity contribution in [3.05, 3.63) is 0 Å². The molecule has 0 aromatic heterocycles. The zero-order chi connectivity index (χ0) is 10.8. The van der Waals surface area contributed by atoms with Gasteiger partial charge in [-0.1, -0.05) is 0 Å². The molecule has 0 bridgehead atoms. The number of nitrogens with zero attached hydrogens (tertiary/aromatic N) is 4. The molecule has 74 valence electrons. The summed E-state index contributed by atoms with van der Waals surface area (Å²) in [5.74, 6) is 0. The van der Waals surface area contributed by atoms with Crippen LogP contribution in [0.5, 0.6) is 0 Å². The first kappa shape index (κ1) is 29.8. The van der Waals surface area contributed by atoms with Crippen molar-refractivity contribution in [2.45, 2.75) is 27.7 Å². The van der Waals surface area contributed by atoms with Crippen LogP contribution >= 0.6 is 0 Å². The zero-order valence-electron chi connectivity index (χ0n) is 8.09. The summed E-state index contributed by atoms with van der Waals surface area (Å²) in [4.78, 5) is 0. The summed E-state index contributed by atoms with van der Waals surface area (Å²) >= 11 is 0. The third-order valence-corrected chi connectivity index (χ3v) is 0. The maximum absolute atomic E-state index is 7.32. The second-order valence-electron chi connectivity index (χ2n) is 0.894. The molecule has 0 saturated heterocycles. The molecule has 0 aromatic rings. The monoisotopic (exact) mass is 271 g/mol. The quantitative estimate of drug-likeness (QED) is 0.631. The molecule has 0 aliphatic rings. The van der Waals surface area contributed by atoms with E-state index in [-0.39, 0.29) is 22.4 Å². The molecule has 0 aromatic carbocycles. The van der Waals surface area contributed by atoms with Crippen LogP contribution < -0.4 is 0 Å². The van der Waals surface area contributed by atoms with Gasteiger partial charge in [0.15, 0.2) is 0 Å². The molecule has 13 heavy (non-hydrogen) atoms. The van der Waals surface area contributed by atoms with Gasteiger partial charge in [-0.3, -0.25) is 0 Å². The third-order valence-electron chi connectivity index (χ3n) is 0. The van der Waals surface area contributed by atoms with Gasteiger partial charge in [0.2, 0.25) is 0 Å². The maximum atomic E-state index is 7.32. The minimum Gasteiger partial charge on any atom is -0.199 e. The minimum atomic E-state index is 0. The zero-order valence-corrected chi connectivity index (χ0v) is 9.57. The smallest absolute Gasteiger partial charge is 0.199 e. The van der Waals surface area contributed by atoms with Crippen LogP contribution in [0.3, 0.4) is 0 Å². The molecule has 0 rings (SSSR count). The van der Waals surface area contributed by atoms with Gasteiger partial charge in [0.1, 0.15) is 0 Å². The first-order chi connectivity index (χ1) is 5.66. The Labute approximate surface area is 95.5 Å². The van der Waals surface area contributed by atoms with Gasteiger partial charge in [0, 0.05) is 27.7 Å². The summed E-state index contributed by atoms with van der Waals surface area (Å²) in [5, 5.41) is 29.3. The Balaban J connectivity index is -0.0000000213. The van der Waals surface area contributed by atoms with Gasteiger partial charge in [-0.25, -0.2) is 0 Å². The Morgan fingerprint density at radius 2 is 0.538 bits per heavy atom. The molecule has 0 aliphatic heterocycles. The van der Waals surface area contributed by atoms with Crippen molar-refractivity contribution in [3.8, 4) is 24.3 Å². The van der Waals surface area contributed by atoms with E-state index < -0.39 is 0 Å². The molecular weight excluding hydrogens is 260 g/mol. The van der Waals surface area contributed by atoms with Crippen LogP contribution in [0.25, 0.3) is 0 Å². The second kappa shape index (κ2) is 138. The predicted octanol–water partition coefficient (Wildman–Crippen LogP) is 2.12. The largest absolute Gasteiger partial charge is 1.00 e. The van der Waals surface area contributed by atoms with E-state index in [2.05, 4.69) is 0 Å². The van der Waals surface area contributed by atoms with E-state index in [1.807, 2.05) is 0 Å². The Morgan fingerprint density at radius 3 is 0.538 bits per heavy atom. The van der Waals surface area contributed by atoms with E-state index in [9.17, 15) is 0 Å². The fraction of sp³-hybridized carbons (Fsp3) is 0.500. The van der Waals surface area contributed by atoms with E-state index >= 15 is 0 Å². The molecule has 4 nitrogen and oxygen atoms in total. The summed E-state index contributed by atoms with van der Waals surface area (Å²) in [6, 6.07) is 7.00. The van der Waals surface area contributed by atoms with E-state index in [4.69, 9.17) is 21.0 Å². The van der Waals surface area contributed by atoms with Crippen LogP contribution in [-0.2, 0) is 22.4 Å². The Kier molecular flexibility index (Phi) is 317. The van der Waals surface area contributed by atoms with Gasteiger partial charge in [-0.2, -0.15) is 21.0 Å². The van der Waals surface area contributed by atoms with E-state index in [0.29, 0.717) is 0 Å². The predicted molar refractivity (Wildman–Crippen MR) is 45.1 cm³/mol. The van der Waals surface area contributed by atoms with Crippen LogP contribution in [0, 0.1) is 45.3 Å². The van der Waals surface area contributed by atoms with Crippen LogP contribution in [0.2, 0.25) is 0 Å². The molecular formula is C8H12AgN4+. The SMILES string of the molecule is CC#N.CC#N.CC#N.CC#N.[Ag+].